The van der Waals surface area contributed by atoms with Crippen LogP contribution >= 0.6 is 26.9 Å². The Bertz CT molecular complexity index is 1980. The Morgan fingerprint density at radius 2 is 1.66 bits per heavy atom. The van der Waals surface area contributed by atoms with Crippen LogP contribution < -0.4 is 22.8 Å². The van der Waals surface area contributed by atoms with E-state index in [1.165, 1.54) is 28.1 Å². The van der Waals surface area contributed by atoms with Crippen molar-refractivity contribution < 1.29 is 46.7 Å². The largest absolute Gasteiger partial charge is 0.472 e. The molecule has 25 heteroatoms. The number of aromatic nitrogens is 8. The molecule has 3 saturated heterocycles. The zero-order valence-corrected chi connectivity index (χ0v) is 26.6. The third-order valence-corrected chi connectivity index (χ3v) is 10.6. The van der Waals surface area contributed by atoms with Gasteiger partial charge in [-0.05, 0) is 13.0 Å². The Labute approximate surface area is 268 Å². The molecule has 0 spiro atoms. The van der Waals surface area contributed by atoms with Gasteiger partial charge in [-0.1, -0.05) is 12.2 Å². The number of nitrogens with two attached hydrogens (primary N) is 3. The fourth-order valence-electron chi connectivity index (χ4n) is 5.94. The molecule has 7 heterocycles. The van der Waals surface area contributed by atoms with Crippen molar-refractivity contribution in [2.45, 2.75) is 49.4 Å². The number of fused-ring (bicyclic) bond motifs is 5. The maximum absolute atomic E-state index is 13.6. The SMILES string of the molecule is NCCC1C2OP(=O)(O)OC[C@H]3O[C@@H](n4cnc5c(N)ncnc54)C(O)C3OP(=O)(S)OC[C@H]1O[C@H]2n1cnc2c(=O)[nH]c(N)nc21. The summed E-state index contributed by atoms with van der Waals surface area (Å²) >= 11 is 4.12. The quantitative estimate of drug-likeness (QED) is 0.100. The van der Waals surface area contributed by atoms with Crippen LogP contribution in [-0.4, -0.2) is 99.3 Å². The molecule has 254 valence electrons. The molecule has 22 nitrogen and oxygen atoms in total. The van der Waals surface area contributed by atoms with Crippen LogP contribution in [0.2, 0.25) is 0 Å². The van der Waals surface area contributed by atoms with Gasteiger partial charge in [0.1, 0.15) is 36.3 Å². The number of rotatable bonds is 4. The number of anilines is 2. The fourth-order valence-corrected chi connectivity index (χ4v) is 8.40. The zero-order chi connectivity index (χ0) is 33.2. The van der Waals surface area contributed by atoms with Crippen molar-refractivity contribution in [3.8, 4) is 0 Å². The summed E-state index contributed by atoms with van der Waals surface area (Å²) in [7, 11) is -4.97. The summed E-state index contributed by atoms with van der Waals surface area (Å²) in [5.74, 6) is -0.891. The molecule has 0 aliphatic carbocycles. The van der Waals surface area contributed by atoms with Crippen LogP contribution in [0.5, 0.6) is 0 Å². The average molecular weight is 718 g/mol. The molecule has 0 amide bonds. The third kappa shape index (κ3) is 5.96. The maximum atomic E-state index is 13.6. The van der Waals surface area contributed by atoms with Crippen LogP contribution in [0.1, 0.15) is 18.9 Å². The molecule has 2 bridgehead atoms. The van der Waals surface area contributed by atoms with Crippen molar-refractivity contribution in [3.63, 3.8) is 0 Å². The lowest BCUT2D eigenvalue weighted by molar-refractivity contribution is -0.0636. The second-order valence-electron chi connectivity index (χ2n) is 10.9. The van der Waals surface area contributed by atoms with Gasteiger partial charge in [0.15, 0.2) is 35.1 Å². The summed E-state index contributed by atoms with van der Waals surface area (Å²) in [5, 5.41) is 11.3. The number of hydrogen-bond acceptors (Lipinski definition) is 18. The number of H-pyrrole nitrogens is 1. The van der Waals surface area contributed by atoms with E-state index in [0.717, 1.165) is 0 Å². The molecule has 0 saturated carbocycles. The van der Waals surface area contributed by atoms with Crippen LogP contribution in [-0.2, 0) is 36.7 Å². The van der Waals surface area contributed by atoms with E-state index in [4.69, 9.17) is 44.8 Å². The van der Waals surface area contributed by atoms with Crippen LogP contribution in [0.25, 0.3) is 22.3 Å². The molecule has 9 N–H and O–H groups in total. The van der Waals surface area contributed by atoms with E-state index in [-0.39, 0.29) is 47.1 Å². The summed E-state index contributed by atoms with van der Waals surface area (Å²) in [4.78, 5) is 46.1. The van der Waals surface area contributed by atoms with Crippen molar-refractivity contribution in [3.05, 3.63) is 29.3 Å². The number of aliphatic hydroxyl groups excluding tert-OH is 1. The minimum atomic E-state index is -4.97. The van der Waals surface area contributed by atoms with E-state index in [0.29, 0.717) is 0 Å². The third-order valence-electron chi connectivity index (χ3n) is 8.00. The number of ether oxygens (including phenoxy) is 2. The predicted octanol–water partition coefficient (Wildman–Crippen LogP) is -0.800. The number of phosphoric acid groups is 1. The Kier molecular flexibility index (Phi) is 8.38. The highest BCUT2D eigenvalue weighted by Crippen LogP contribution is 2.58. The van der Waals surface area contributed by atoms with Crippen molar-refractivity contribution in [1.29, 1.82) is 0 Å². The number of aromatic amines is 1. The Morgan fingerprint density at radius 1 is 0.957 bits per heavy atom. The number of thiol groups is 1. The van der Waals surface area contributed by atoms with Crippen molar-refractivity contribution in [2.75, 3.05) is 31.2 Å². The van der Waals surface area contributed by atoms with Crippen LogP contribution in [0.4, 0.5) is 11.8 Å². The lowest BCUT2D eigenvalue weighted by atomic mass is 9.94. The second kappa shape index (κ2) is 12.1. The van der Waals surface area contributed by atoms with Gasteiger partial charge in [-0.25, -0.2) is 29.1 Å². The maximum Gasteiger partial charge on any atom is 0.472 e. The molecular formula is C22H29N11O11P2S. The van der Waals surface area contributed by atoms with Gasteiger partial charge in [-0.2, -0.15) is 4.98 Å². The average Bonchev–Trinajstić information content (AvgIpc) is 3.76. The van der Waals surface area contributed by atoms with Crippen molar-refractivity contribution in [2.24, 2.45) is 11.7 Å². The Hall–Kier alpha value is -3.05. The van der Waals surface area contributed by atoms with E-state index in [1.54, 1.807) is 0 Å². The summed E-state index contributed by atoms with van der Waals surface area (Å²) in [5.41, 5.74) is 17.2. The highest BCUT2D eigenvalue weighted by molar-refractivity contribution is 8.44. The van der Waals surface area contributed by atoms with Crippen LogP contribution in [0.3, 0.4) is 0 Å². The smallest absolute Gasteiger partial charge is 0.386 e. The van der Waals surface area contributed by atoms with Gasteiger partial charge < -0.3 is 36.7 Å². The molecule has 6 unspecified atom stereocenters. The molecule has 3 aliphatic heterocycles. The normalized spacial score (nSPS) is 36.6. The molecule has 3 fully saturated rings. The second-order valence-corrected chi connectivity index (χ2v) is 15.2. The minimum absolute atomic E-state index is 0.00259. The van der Waals surface area contributed by atoms with Crippen molar-refractivity contribution >= 4 is 61.0 Å². The molecular weight excluding hydrogens is 688 g/mol. The van der Waals surface area contributed by atoms with Gasteiger partial charge in [0.05, 0.1) is 32.0 Å². The zero-order valence-electron chi connectivity index (χ0n) is 24.0. The summed E-state index contributed by atoms with van der Waals surface area (Å²) in [6, 6.07) is 0. The minimum Gasteiger partial charge on any atom is -0.386 e. The van der Waals surface area contributed by atoms with Gasteiger partial charge in [-0.3, -0.25) is 37.0 Å². The van der Waals surface area contributed by atoms with Crippen molar-refractivity contribution in [1.82, 2.24) is 39.0 Å². The van der Waals surface area contributed by atoms with E-state index < -0.39 is 82.3 Å². The highest BCUT2D eigenvalue weighted by Gasteiger charge is 2.53. The van der Waals surface area contributed by atoms with Gasteiger partial charge in [0.25, 0.3) is 5.56 Å². The van der Waals surface area contributed by atoms with E-state index in [1.807, 2.05) is 0 Å². The molecule has 3 aliphatic rings. The number of aliphatic hydroxyl groups is 1. The van der Waals surface area contributed by atoms with E-state index in [2.05, 4.69) is 42.2 Å². The number of imidazole rings is 2. The first kappa shape index (κ1) is 32.5. The molecule has 0 radical (unpaired) electrons. The standard InChI is InChI=1S/C22H29N11O11P2S/c23-2-1-8-9-3-40-46(38,47)44-15-10(42-20(13(15)34)32-6-28-11-16(24)26-5-27-17(11)32)4-39-45(36,37)43-14(8)21(41-9)33-7-29-12-18(33)30-22(25)31-19(12)35/h5-10,13-15,20-21,34H,1-4,23H2,(H,36,37)(H,38,47)(H2,24,26,27)(H3,25,30,31,35)/t8?,9-,10-,13?,14?,15?,20-,21-,46?/m1/s1. The number of nitrogens with one attached hydrogen (secondary N) is 1. The van der Waals surface area contributed by atoms with Crippen LogP contribution in [0.15, 0.2) is 23.8 Å². The van der Waals surface area contributed by atoms with Crippen LogP contribution in [0, 0.1) is 5.92 Å². The Balaban J connectivity index is 1.23. The summed E-state index contributed by atoms with van der Waals surface area (Å²) in [6.45, 7) is -5.35. The van der Waals surface area contributed by atoms with E-state index in [9.17, 15) is 23.9 Å². The molecule has 47 heavy (non-hydrogen) atoms. The van der Waals surface area contributed by atoms with Gasteiger partial charge in [0, 0.05) is 5.92 Å². The molecule has 4 aromatic heterocycles. The molecule has 4 aromatic rings. The van der Waals surface area contributed by atoms with Gasteiger partial charge in [-0.15, -0.1) is 0 Å². The highest BCUT2D eigenvalue weighted by atomic mass is 32.7. The number of hydrogen-bond donors (Lipinski definition) is 7. The predicted molar refractivity (Wildman–Crippen MR) is 161 cm³/mol. The lowest BCUT2D eigenvalue weighted by Gasteiger charge is -2.27. The molecule has 10 atom stereocenters. The first-order chi connectivity index (χ1) is 22.4. The first-order valence-corrected chi connectivity index (χ1v) is 18.2. The monoisotopic (exact) mass is 717 g/mol. The lowest BCUT2D eigenvalue weighted by Crippen LogP contribution is -2.36. The molecule has 0 aromatic carbocycles. The topological polar surface area (TPSA) is 315 Å². The van der Waals surface area contributed by atoms with Gasteiger partial charge in [0.2, 0.25) is 5.95 Å². The first-order valence-electron chi connectivity index (χ1n) is 14.0. The number of nitrogen functional groups attached to an aromatic ring is 2. The molecule has 7 rings (SSSR count). The summed E-state index contributed by atoms with van der Waals surface area (Å²) in [6.07, 6.45) is -5.21. The van der Waals surface area contributed by atoms with Gasteiger partial charge >= 0.3 is 14.6 Å². The Morgan fingerprint density at radius 3 is 2.43 bits per heavy atom. The summed E-state index contributed by atoms with van der Waals surface area (Å²) < 4.78 is 64.3. The fraction of sp³-hybridized carbons (Fsp3) is 0.545. The van der Waals surface area contributed by atoms with E-state index >= 15 is 0 Å². The number of phosphoric ester groups is 1. The number of nitrogens with zero attached hydrogens (tertiary/aromatic N) is 7.